The first-order valence-electron chi connectivity index (χ1n) is 14.6. The highest BCUT2D eigenvalue weighted by Gasteiger charge is 2.04. The van der Waals surface area contributed by atoms with Gasteiger partial charge in [0.15, 0.2) is 0 Å². The van der Waals surface area contributed by atoms with Crippen molar-refractivity contribution in [1.82, 2.24) is 5.32 Å². The number of benzene rings is 1. The third-order valence-electron chi connectivity index (χ3n) is 5.96. The maximum Gasteiger partial charge on any atom is 0.303 e. The van der Waals surface area contributed by atoms with E-state index in [0.29, 0.717) is 72.4 Å². The first-order valence-corrected chi connectivity index (χ1v) is 14.6. The second-order valence-corrected chi connectivity index (χ2v) is 9.41. The van der Waals surface area contributed by atoms with Crippen LogP contribution in [0, 0.1) is 0 Å². The molecule has 0 aliphatic rings. The standard InChI is InChI=1S/C30H51NO8/c1-2-3-4-5-6-7-8-10-27-11-13-28(14-12-27)39-26-25-38-24-23-37-22-21-36-20-19-35-18-9-17-31-29(32)15-16-30(33)34/h11-14H,2-10,15-26H2,1H3,(H,31,32)(H,33,34). The fraction of sp³-hybridized carbons (Fsp3) is 0.733. The maximum atomic E-state index is 11.4. The first kappa shape index (κ1) is 34.8. The molecule has 9 nitrogen and oxygen atoms in total. The van der Waals surface area contributed by atoms with E-state index in [0.717, 1.165) is 12.2 Å². The molecule has 0 aliphatic heterocycles. The molecule has 0 heterocycles. The minimum atomic E-state index is -0.973. The molecule has 1 aromatic carbocycles. The van der Waals surface area contributed by atoms with Gasteiger partial charge in [-0.25, -0.2) is 0 Å². The van der Waals surface area contributed by atoms with Crippen LogP contribution in [0.25, 0.3) is 0 Å². The number of aryl methyl sites for hydroxylation is 1. The van der Waals surface area contributed by atoms with E-state index in [1.54, 1.807) is 0 Å². The van der Waals surface area contributed by atoms with Gasteiger partial charge in [0.2, 0.25) is 5.91 Å². The van der Waals surface area contributed by atoms with Gasteiger partial charge in [-0.05, 0) is 37.0 Å². The smallest absolute Gasteiger partial charge is 0.303 e. The summed E-state index contributed by atoms with van der Waals surface area (Å²) in [6.07, 6.45) is 11.0. The number of rotatable bonds is 28. The Bertz CT molecular complexity index is 713. The molecule has 1 amide bonds. The van der Waals surface area contributed by atoms with Crippen LogP contribution in [0.2, 0.25) is 0 Å². The topological polar surface area (TPSA) is 113 Å². The van der Waals surface area contributed by atoms with Gasteiger partial charge in [0.05, 0.1) is 52.7 Å². The molecule has 0 spiro atoms. The number of carboxylic acid groups (broad SMARTS) is 1. The second-order valence-electron chi connectivity index (χ2n) is 9.41. The van der Waals surface area contributed by atoms with Crippen molar-refractivity contribution in [3.63, 3.8) is 0 Å². The molecule has 0 unspecified atom stereocenters. The number of ether oxygens (including phenoxy) is 5. The van der Waals surface area contributed by atoms with E-state index in [9.17, 15) is 9.59 Å². The molecular weight excluding hydrogens is 502 g/mol. The van der Waals surface area contributed by atoms with Crippen molar-refractivity contribution in [2.45, 2.75) is 77.6 Å². The van der Waals surface area contributed by atoms with Crippen molar-refractivity contribution in [3.05, 3.63) is 29.8 Å². The average molecular weight is 554 g/mol. The largest absolute Gasteiger partial charge is 0.491 e. The molecule has 9 heteroatoms. The third-order valence-corrected chi connectivity index (χ3v) is 5.96. The minimum Gasteiger partial charge on any atom is -0.491 e. The first-order chi connectivity index (χ1) is 19.1. The number of unbranched alkanes of at least 4 members (excludes halogenated alkanes) is 6. The number of aliphatic carboxylic acids is 1. The van der Waals surface area contributed by atoms with Crippen LogP contribution in [-0.4, -0.2) is 83.0 Å². The zero-order valence-electron chi connectivity index (χ0n) is 24.0. The highest BCUT2D eigenvalue weighted by Crippen LogP contribution is 2.15. The summed E-state index contributed by atoms with van der Waals surface area (Å²) in [7, 11) is 0. The van der Waals surface area contributed by atoms with E-state index in [4.69, 9.17) is 28.8 Å². The van der Waals surface area contributed by atoms with E-state index in [2.05, 4.69) is 24.4 Å². The maximum absolute atomic E-state index is 11.4. The van der Waals surface area contributed by atoms with Gasteiger partial charge in [0, 0.05) is 19.6 Å². The Morgan fingerprint density at radius 2 is 1.21 bits per heavy atom. The normalized spacial score (nSPS) is 11.0. The molecule has 0 bridgehead atoms. The van der Waals surface area contributed by atoms with Gasteiger partial charge in [0.25, 0.3) is 0 Å². The van der Waals surface area contributed by atoms with Gasteiger partial charge < -0.3 is 34.1 Å². The number of amides is 1. The van der Waals surface area contributed by atoms with Gasteiger partial charge in [-0.1, -0.05) is 57.6 Å². The van der Waals surface area contributed by atoms with Crippen LogP contribution in [0.5, 0.6) is 5.75 Å². The highest BCUT2D eigenvalue weighted by molar-refractivity contribution is 5.80. The van der Waals surface area contributed by atoms with Crippen LogP contribution in [0.15, 0.2) is 24.3 Å². The molecule has 0 saturated carbocycles. The van der Waals surface area contributed by atoms with E-state index in [1.807, 2.05) is 12.1 Å². The zero-order chi connectivity index (χ0) is 28.2. The minimum absolute atomic E-state index is 0.00104. The van der Waals surface area contributed by atoms with Crippen molar-refractivity contribution < 1.29 is 38.4 Å². The Morgan fingerprint density at radius 1 is 0.667 bits per heavy atom. The summed E-state index contributed by atoms with van der Waals surface area (Å²) in [6, 6.07) is 8.40. The summed E-state index contributed by atoms with van der Waals surface area (Å²) in [5.41, 5.74) is 1.37. The monoisotopic (exact) mass is 553 g/mol. The van der Waals surface area contributed by atoms with Gasteiger partial charge in [0.1, 0.15) is 12.4 Å². The molecule has 39 heavy (non-hydrogen) atoms. The molecule has 0 fully saturated rings. The Balaban J connectivity index is 1.81. The highest BCUT2D eigenvalue weighted by atomic mass is 16.6. The van der Waals surface area contributed by atoms with E-state index in [1.165, 1.54) is 50.5 Å². The fourth-order valence-corrected chi connectivity index (χ4v) is 3.73. The van der Waals surface area contributed by atoms with Crippen LogP contribution in [0.3, 0.4) is 0 Å². The summed E-state index contributed by atoms with van der Waals surface area (Å²) in [6.45, 7) is 7.20. The molecule has 224 valence electrons. The predicted octanol–water partition coefficient (Wildman–Crippen LogP) is 4.80. The van der Waals surface area contributed by atoms with Gasteiger partial charge in [-0.15, -0.1) is 0 Å². The lowest BCUT2D eigenvalue weighted by Gasteiger charge is -2.09. The molecule has 2 N–H and O–H groups in total. The number of hydrogen-bond donors (Lipinski definition) is 2. The van der Waals surface area contributed by atoms with Crippen molar-refractivity contribution in [2.75, 3.05) is 66.0 Å². The lowest BCUT2D eigenvalue weighted by Crippen LogP contribution is -2.25. The third kappa shape index (κ3) is 23.4. The van der Waals surface area contributed by atoms with Crippen molar-refractivity contribution in [1.29, 1.82) is 0 Å². The zero-order valence-corrected chi connectivity index (χ0v) is 24.0. The Hall–Kier alpha value is -2.20. The number of hydrogen-bond acceptors (Lipinski definition) is 7. The second kappa shape index (κ2) is 26.0. The Labute approximate surface area is 234 Å². The number of carboxylic acids is 1. The molecule has 0 radical (unpaired) electrons. The molecule has 0 aromatic heterocycles. The molecular formula is C30H51NO8. The fourth-order valence-electron chi connectivity index (χ4n) is 3.73. The summed E-state index contributed by atoms with van der Waals surface area (Å²) >= 11 is 0. The van der Waals surface area contributed by atoms with E-state index in [-0.39, 0.29) is 18.7 Å². The Kier molecular flexibility index (Phi) is 23.3. The number of carbonyl (C=O) groups is 2. The predicted molar refractivity (Wildman–Crippen MR) is 151 cm³/mol. The quantitative estimate of drug-likeness (QED) is 0.142. The van der Waals surface area contributed by atoms with Crippen LogP contribution in [0.4, 0.5) is 0 Å². The average Bonchev–Trinajstić information content (AvgIpc) is 2.93. The molecule has 0 saturated heterocycles. The Morgan fingerprint density at radius 3 is 1.79 bits per heavy atom. The van der Waals surface area contributed by atoms with Crippen LogP contribution in [-0.2, 0) is 35.0 Å². The van der Waals surface area contributed by atoms with Crippen LogP contribution < -0.4 is 10.1 Å². The molecule has 1 aromatic rings. The molecule has 1 rings (SSSR count). The van der Waals surface area contributed by atoms with Crippen molar-refractivity contribution in [2.24, 2.45) is 0 Å². The number of carbonyl (C=O) groups excluding carboxylic acids is 1. The number of nitrogens with one attached hydrogen (secondary N) is 1. The van der Waals surface area contributed by atoms with Crippen LogP contribution in [0.1, 0.15) is 76.7 Å². The lowest BCUT2D eigenvalue weighted by molar-refractivity contribution is -0.138. The van der Waals surface area contributed by atoms with Gasteiger partial charge in [-0.3, -0.25) is 9.59 Å². The molecule has 0 atom stereocenters. The van der Waals surface area contributed by atoms with Crippen molar-refractivity contribution >= 4 is 11.9 Å². The summed E-state index contributed by atoms with van der Waals surface area (Å²) in [5.74, 6) is -0.355. The summed E-state index contributed by atoms with van der Waals surface area (Å²) in [5, 5.41) is 11.2. The summed E-state index contributed by atoms with van der Waals surface area (Å²) in [4.78, 5) is 21.7. The van der Waals surface area contributed by atoms with E-state index >= 15 is 0 Å². The SMILES string of the molecule is CCCCCCCCCc1ccc(OCCOCCOCCOCCOCCCNC(=O)CCC(=O)O)cc1. The summed E-state index contributed by atoms with van der Waals surface area (Å²) < 4.78 is 27.6. The molecule has 0 aliphatic carbocycles. The van der Waals surface area contributed by atoms with E-state index < -0.39 is 5.97 Å². The van der Waals surface area contributed by atoms with Crippen LogP contribution >= 0.6 is 0 Å². The van der Waals surface area contributed by atoms with Gasteiger partial charge >= 0.3 is 5.97 Å². The van der Waals surface area contributed by atoms with Gasteiger partial charge in [-0.2, -0.15) is 0 Å². The van der Waals surface area contributed by atoms with Crippen molar-refractivity contribution in [3.8, 4) is 5.75 Å². The lowest BCUT2D eigenvalue weighted by atomic mass is 10.0.